The number of aromatic nitrogens is 1. The zero-order valence-electron chi connectivity index (χ0n) is 11.1. The van der Waals surface area contributed by atoms with E-state index in [1.807, 2.05) is 18.2 Å². The fourth-order valence-electron chi connectivity index (χ4n) is 1.90. The fourth-order valence-corrected chi connectivity index (χ4v) is 2.54. The second-order valence-corrected chi connectivity index (χ2v) is 6.40. The summed E-state index contributed by atoms with van der Waals surface area (Å²) in [6, 6.07) is 6.07. The molecule has 0 aliphatic heterocycles. The van der Waals surface area contributed by atoms with Gasteiger partial charge in [-0.2, -0.15) is 0 Å². The largest absolute Gasteiger partial charge is 1.00 e. The Morgan fingerprint density at radius 2 is 1.37 bits per heavy atom. The predicted molar refractivity (Wildman–Crippen MR) is 71.3 cm³/mol. The van der Waals surface area contributed by atoms with E-state index in [1.165, 1.54) is 6.42 Å². The molecule has 0 fully saturated rings. The van der Waals surface area contributed by atoms with E-state index in [0.29, 0.717) is 6.42 Å². The topological polar surface area (TPSA) is 61.4 Å². The molecule has 0 aromatic carbocycles. The van der Waals surface area contributed by atoms with Crippen molar-refractivity contribution in [2.45, 2.75) is 45.1 Å². The molecule has 1 heterocycles. The summed E-state index contributed by atoms with van der Waals surface area (Å²) in [6.45, 7) is 1.04. The third kappa shape index (κ3) is 11.3. The van der Waals surface area contributed by atoms with E-state index in [0.717, 1.165) is 32.2 Å². The van der Waals surface area contributed by atoms with Crippen molar-refractivity contribution >= 4 is 7.60 Å². The third-order valence-corrected chi connectivity index (χ3v) is 3.79. The average Bonchev–Trinajstić information content (AvgIpc) is 2.32. The second kappa shape index (κ2) is 10.6. The quantitative estimate of drug-likeness (QED) is 0.358. The van der Waals surface area contributed by atoms with E-state index < -0.39 is 7.60 Å². The smallest absolute Gasteiger partial charge is 0.325 e. The summed E-state index contributed by atoms with van der Waals surface area (Å²) in [7, 11) is -3.77. The van der Waals surface area contributed by atoms with Gasteiger partial charge in [-0.3, -0.25) is 4.57 Å². The lowest BCUT2D eigenvalue weighted by molar-refractivity contribution is -0.697. The minimum Gasteiger partial charge on any atom is -1.00 e. The number of hydrogen-bond acceptors (Lipinski definition) is 1. The van der Waals surface area contributed by atoms with Crippen LogP contribution < -0.4 is 21.5 Å². The van der Waals surface area contributed by atoms with Crippen LogP contribution in [0.2, 0.25) is 0 Å². The van der Waals surface area contributed by atoms with E-state index in [9.17, 15) is 4.57 Å². The third-order valence-electron chi connectivity index (χ3n) is 2.89. The maximum Gasteiger partial charge on any atom is 0.325 e. The Hall–Kier alpha value is -0.220. The standard InChI is InChI=1S/C13H22NO3P.BrH/c15-18(16,17)13-9-4-2-1-3-6-10-14-11-7-5-8-12-14;/h5,7-8,11-12H,1-4,6,9-10,13H2,(H-,15,16,17);1H. The summed E-state index contributed by atoms with van der Waals surface area (Å²) in [5, 5.41) is 0. The van der Waals surface area contributed by atoms with Crippen molar-refractivity contribution in [3.8, 4) is 0 Å². The Balaban J connectivity index is 0.00000324. The molecule has 4 nitrogen and oxygen atoms in total. The van der Waals surface area contributed by atoms with E-state index in [4.69, 9.17) is 9.79 Å². The van der Waals surface area contributed by atoms with Crippen LogP contribution in [0.1, 0.15) is 38.5 Å². The molecule has 0 amide bonds. The van der Waals surface area contributed by atoms with Gasteiger partial charge in [-0.05, 0) is 12.8 Å². The number of rotatable bonds is 9. The molecule has 0 aliphatic rings. The zero-order valence-corrected chi connectivity index (χ0v) is 13.6. The van der Waals surface area contributed by atoms with Crippen molar-refractivity contribution in [1.82, 2.24) is 0 Å². The van der Waals surface area contributed by atoms with Gasteiger partial charge < -0.3 is 26.8 Å². The predicted octanol–water partition coefficient (Wildman–Crippen LogP) is -0.504. The molecule has 6 heteroatoms. The van der Waals surface area contributed by atoms with Crippen molar-refractivity contribution in [3.63, 3.8) is 0 Å². The van der Waals surface area contributed by atoms with E-state index in [2.05, 4.69) is 17.0 Å². The first-order chi connectivity index (χ1) is 8.58. The van der Waals surface area contributed by atoms with Gasteiger partial charge in [-0.25, -0.2) is 4.57 Å². The van der Waals surface area contributed by atoms with Crippen molar-refractivity contribution in [2.75, 3.05) is 6.16 Å². The second-order valence-electron chi connectivity index (χ2n) is 4.62. The maximum absolute atomic E-state index is 10.6. The Morgan fingerprint density at radius 1 is 0.842 bits per heavy atom. The lowest BCUT2D eigenvalue weighted by Gasteiger charge is -2.03. The van der Waals surface area contributed by atoms with Crippen LogP contribution >= 0.6 is 7.60 Å². The highest BCUT2D eigenvalue weighted by Crippen LogP contribution is 2.35. The summed E-state index contributed by atoms with van der Waals surface area (Å²) in [5.41, 5.74) is 0. The van der Waals surface area contributed by atoms with Gasteiger partial charge >= 0.3 is 7.60 Å². The van der Waals surface area contributed by atoms with Crippen LogP contribution in [-0.2, 0) is 11.1 Å². The van der Waals surface area contributed by atoms with Crippen molar-refractivity contribution < 1.29 is 35.9 Å². The molecule has 1 rings (SSSR count). The molecular weight excluding hydrogens is 329 g/mol. The van der Waals surface area contributed by atoms with Crippen LogP contribution in [0.3, 0.4) is 0 Å². The molecule has 0 radical (unpaired) electrons. The molecule has 19 heavy (non-hydrogen) atoms. The highest BCUT2D eigenvalue weighted by atomic mass is 79.9. The Bertz CT molecular complexity index is 369. The fraction of sp³-hybridized carbons (Fsp3) is 0.615. The summed E-state index contributed by atoms with van der Waals surface area (Å²) in [5.74, 6) is 0. The number of unbranched alkanes of at least 4 members (excludes halogenated alkanes) is 5. The molecule has 0 atom stereocenters. The molecule has 0 unspecified atom stereocenters. The Kier molecular flexibility index (Phi) is 10.4. The summed E-state index contributed by atoms with van der Waals surface area (Å²) >= 11 is 0. The van der Waals surface area contributed by atoms with Crippen LogP contribution in [-0.4, -0.2) is 15.9 Å². The van der Waals surface area contributed by atoms with Crippen molar-refractivity contribution in [2.24, 2.45) is 0 Å². The normalized spacial score (nSPS) is 11.1. The number of aryl methyl sites for hydroxylation is 1. The number of pyridine rings is 1. The average molecular weight is 352 g/mol. The van der Waals surface area contributed by atoms with Gasteiger partial charge in [0.1, 0.15) is 6.54 Å². The maximum atomic E-state index is 10.6. The number of halogens is 1. The summed E-state index contributed by atoms with van der Waals surface area (Å²) in [4.78, 5) is 17.4. The number of nitrogens with zero attached hydrogens (tertiary/aromatic N) is 1. The highest BCUT2D eigenvalue weighted by Gasteiger charge is 2.10. The van der Waals surface area contributed by atoms with Gasteiger partial charge in [-0.1, -0.05) is 25.3 Å². The van der Waals surface area contributed by atoms with Gasteiger partial charge in [0.05, 0.1) is 0 Å². The number of hydrogen-bond donors (Lipinski definition) is 2. The molecule has 0 saturated heterocycles. The molecule has 0 bridgehead atoms. The first kappa shape index (κ1) is 18.8. The minimum absolute atomic E-state index is 0. The van der Waals surface area contributed by atoms with Crippen LogP contribution in [0.25, 0.3) is 0 Å². The van der Waals surface area contributed by atoms with E-state index >= 15 is 0 Å². The van der Waals surface area contributed by atoms with E-state index in [1.54, 1.807) is 0 Å². The first-order valence-corrected chi connectivity index (χ1v) is 8.36. The van der Waals surface area contributed by atoms with Crippen LogP contribution in [0.4, 0.5) is 0 Å². The molecule has 0 spiro atoms. The van der Waals surface area contributed by atoms with Gasteiger partial charge in [0.25, 0.3) is 0 Å². The molecule has 1 aromatic heterocycles. The molecule has 0 aliphatic carbocycles. The lowest BCUT2D eigenvalue weighted by atomic mass is 10.1. The lowest BCUT2D eigenvalue weighted by Crippen LogP contribution is -3.00. The van der Waals surface area contributed by atoms with Crippen molar-refractivity contribution in [1.29, 1.82) is 0 Å². The van der Waals surface area contributed by atoms with Gasteiger partial charge in [-0.15, -0.1) is 0 Å². The van der Waals surface area contributed by atoms with Crippen molar-refractivity contribution in [3.05, 3.63) is 30.6 Å². The minimum atomic E-state index is -3.77. The summed E-state index contributed by atoms with van der Waals surface area (Å²) < 4.78 is 12.8. The SMILES string of the molecule is O=P(O)(O)CCCCCCCC[n+]1ccccc1.[Br-]. The summed E-state index contributed by atoms with van der Waals surface area (Å²) in [6.07, 6.45) is 10.3. The zero-order chi connectivity index (χ0) is 13.3. The van der Waals surface area contributed by atoms with Gasteiger partial charge in [0.15, 0.2) is 12.4 Å². The first-order valence-electron chi connectivity index (χ1n) is 6.56. The van der Waals surface area contributed by atoms with Gasteiger partial charge in [0.2, 0.25) is 0 Å². The van der Waals surface area contributed by atoms with E-state index in [-0.39, 0.29) is 23.1 Å². The molecule has 1 aromatic rings. The monoisotopic (exact) mass is 351 g/mol. The van der Waals surface area contributed by atoms with Crippen LogP contribution in [0, 0.1) is 0 Å². The van der Waals surface area contributed by atoms with Crippen LogP contribution in [0.5, 0.6) is 0 Å². The van der Waals surface area contributed by atoms with Gasteiger partial charge in [0, 0.05) is 24.7 Å². The molecular formula is C13H23BrNO3P. The highest BCUT2D eigenvalue weighted by molar-refractivity contribution is 7.51. The molecule has 2 N–H and O–H groups in total. The Labute approximate surface area is 125 Å². The molecule has 110 valence electrons. The Morgan fingerprint density at radius 3 is 1.95 bits per heavy atom. The van der Waals surface area contributed by atoms with Crippen LogP contribution in [0.15, 0.2) is 30.6 Å². The molecule has 0 saturated carbocycles.